The fraction of sp³-hybridized carbons (Fsp3) is 0.222. The first-order valence-electron chi connectivity index (χ1n) is 7.77. The third kappa shape index (κ3) is 2.96. The van der Waals surface area contributed by atoms with Crippen LogP contribution >= 0.6 is 0 Å². The number of fused-ring (bicyclic) bond motifs is 1. The fourth-order valence-electron chi connectivity index (χ4n) is 2.61. The molecule has 6 heteroatoms. The van der Waals surface area contributed by atoms with Gasteiger partial charge in [-0.3, -0.25) is 0 Å². The Kier molecular flexibility index (Phi) is 3.88. The minimum atomic E-state index is 0.288. The largest absolute Gasteiger partial charge is 0.454 e. The maximum absolute atomic E-state index is 5.73. The van der Waals surface area contributed by atoms with E-state index in [0.29, 0.717) is 24.9 Å². The molecule has 1 aromatic heterocycles. The number of aromatic nitrogens is 2. The molecule has 122 valence electrons. The number of rotatable bonds is 5. The lowest BCUT2D eigenvalue weighted by Crippen LogP contribution is -2.12. The quantitative estimate of drug-likeness (QED) is 0.778. The second-order valence-electron chi connectivity index (χ2n) is 5.61. The lowest BCUT2D eigenvalue weighted by Gasteiger charge is -2.04. The molecule has 1 aliphatic rings. The Morgan fingerprint density at radius 1 is 1.00 bits per heavy atom. The Hall–Kier alpha value is -2.86. The highest BCUT2D eigenvalue weighted by Crippen LogP contribution is 2.32. The molecule has 0 saturated carbocycles. The van der Waals surface area contributed by atoms with Crippen molar-refractivity contribution >= 4 is 0 Å². The zero-order valence-corrected chi connectivity index (χ0v) is 13.3. The molecule has 0 aliphatic carbocycles. The van der Waals surface area contributed by atoms with E-state index in [0.717, 1.165) is 28.2 Å². The van der Waals surface area contributed by atoms with Crippen molar-refractivity contribution < 1.29 is 13.9 Å². The molecule has 3 aromatic rings. The molecule has 4 rings (SSSR count). The van der Waals surface area contributed by atoms with Crippen LogP contribution in [0, 0.1) is 6.92 Å². The van der Waals surface area contributed by atoms with Crippen molar-refractivity contribution in [3.05, 3.63) is 59.5 Å². The number of ether oxygens (including phenoxy) is 2. The van der Waals surface area contributed by atoms with E-state index in [9.17, 15) is 0 Å². The summed E-state index contributed by atoms with van der Waals surface area (Å²) in [7, 11) is 0. The molecule has 0 bridgehead atoms. The molecule has 0 amide bonds. The topological polar surface area (TPSA) is 69.4 Å². The molecule has 0 saturated heterocycles. The second kappa shape index (κ2) is 6.33. The molecule has 0 atom stereocenters. The molecule has 0 spiro atoms. The van der Waals surface area contributed by atoms with Crippen LogP contribution in [0.4, 0.5) is 0 Å². The van der Waals surface area contributed by atoms with Crippen molar-refractivity contribution in [2.24, 2.45) is 0 Å². The molecule has 1 aliphatic heterocycles. The minimum Gasteiger partial charge on any atom is -0.454 e. The van der Waals surface area contributed by atoms with E-state index in [1.807, 2.05) is 49.4 Å². The predicted molar refractivity (Wildman–Crippen MR) is 87.6 cm³/mol. The third-order valence-corrected chi connectivity index (χ3v) is 3.88. The molecule has 0 fully saturated rings. The smallest absolute Gasteiger partial charge is 0.248 e. The standard InChI is InChI=1S/C18H17N3O3/c1-12-4-2-3-5-14(12)18-21-20-17(24-18)10-19-9-13-6-7-15-16(8-13)23-11-22-15/h2-8,19H,9-11H2,1H3. The predicted octanol–water partition coefficient (Wildman–Crippen LogP) is 3.06. The summed E-state index contributed by atoms with van der Waals surface area (Å²) in [6.07, 6.45) is 0. The van der Waals surface area contributed by atoms with Crippen molar-refractivity contribution in [2.75, 3.05) is 6.79 Å². The molecule has 2 aromatic carbocycles. The summed E-state index contributed by atoms with van der Waals surface area (Å²) >= 11 is 0. The van der Waals surface area contributed by atoms with Crippen LogP contribution in [0.25, 0.3) is 11.5 Å². The molecule has 0 radical (unpaired) electrons. The summed E-state index contributed by atoms with van der Waals surface area (Å²) in [5, 5.41) is 11.5. The van der Waals surface area contributed by atoms with Gasteiger partial charge in [-0.1, -0.05) is 24.3 Å². The molecule has 0 unspecified atom stereocenters. The van der Waals surface area contributed by atoms with Gasteiger partial charge in [-0.25, -0.2) is 0 Å². The number of hydrogen-bond donors (Lipinski definition) is 1. The Morgan fingerprint density at radius 3 is 2.79 bits per heavy atom. The van der Waals surface area contributed by atoms with Gasteiger partial charge in [0, 0.05) is 12.1 Å². The van der Waals surface area contributed by atoms with Crippen molar-refractivity contribution in [1.82, 2.24) is 15.5 Å². The normalized spacial score (nSPS) is 12.5. The summed E-state index contributed by atoms with van der Waals surface area (Å²) in [5.74, 6) is 2.69. The Labute approximate surface area is 139 Å². The molecule has 24 heavy (non-hydrogen) atoms. The van der Waals surface area contributed by atoms with Gasteiger partial charge in [0.2, 0.25) is 18.6 Å². The van der Waals surface area contributed by atoms with Crippen molar-refractivity contribution in [2.45, 2.75) is 20.0 Å². The summed E-state index contributed by atoms with van der Waals surface area (Å²) in [4.78, 5) is 0. The number of hydrogen-bond acceptors (Lipinski definition) is 6. The zero-order valence-electron chi connectivity index (χ0n) is 13.3. The summed E-state index contributed by atoms with van der Waals surface area (Å²) in [6.45, 7) is 3.50. The first-order chi connectivity index (χ1) is 11.8. The van der Waals surface area contributed by atoms with Crippen LogP contribution in [-0.2, 0) is 13.1 Å². The maximum atomic E-state index is 5.73. The van der Waals surface area contributed by atoms with Crippen molar-refractivity contribution in [3.63, 3.8) is 0 Å². The highest BCUT2D eigenvalue weighted by molar-refractivity contribution is 5.57. The Balaban J connectivity index is 1.38. The average Bonchev–Trinajstić information content (AvgIpc) is 3.24. The summed E-state index contributed by atoms with van der Waals surface area (Å²) in [6, 6.07) is 13.9. The first kappa shape index (κ1) is 14.7. The van der Waals surface area contributed by atoms with Gasteiger partial charge in [0.15, 0.2) is 11.5 Å². The van der Waals surface area contributed by atoms with E-state index < -0.39 is 0 Å². The van der Waals surface area contributed by atoms with E-state index in [1.54, 1.807) is 0 Å². The molecular formula is C18H17N3O3. The van der Waals surface area contributed by atoms with Crippen LogP contribution in [-0.4, -0.2) is 17.0 Å². The van der Waals surface area contributed by atoms with Crippen LogP contribution in [0.15, 0.2) is 46.9 Å². The molecule has 6 nitrogen and oxygen atoms in total. The van der Waals surface area contributed by atoms with Gasteiger partial charge in [0.1, 0.15) is 0 Å². The van der Waals surface area contributed by atoms with E-state index in [4.69, 9.17) is 13.9 Å². The summed E-state index contributed by atoms with van der Waals surface area (Å²) < 4.78 is 16.4. The lowest BCUT2D eigenvalue weighted by atomic mass is 10.1. The average molecular weight is 323 g/mol. The fourth-order valence-corrected chi connectivity index (χ4v) is 2.61. The summed E-state index contributed by atoms with van der Waals surface area (Å²) in [5.41, 5.74) is 3.19. The van der Waals surface area contributed by atoms with Crippen molar-refractivity contribution in [3.8, 4) is 23.0 Å². The molecular weight excluding hydrogens is 306 g/mol. The third-order valence-electron chi connectivity index (χ3n) is 3.88. The van der Waals surface area contributed by atoms with Crippen LogP contribution < -0.4 is 14.8 Å². The molecule has 1 N–H and O–H groups in total. The number of nitrogens with zero attached hydrogens (tertiary/aromatic N) is 2. The Morgan fingerprint density at radius 2 is 1.88 bits per heavy atom. The van der Waals surface area contributed by atoms with Gasteiger partial charge in [0.05, 0.1) is 6.54 Å². The van der Waals surface area contributed by atoms with Crippen LogP contribution in [0.3, 0.4) is 0 Å². The van der Waals surface area contributed by atoms with Gasteiger partial charge in [-0.05, 0) is 36.2 Å². The van der Waals surface area contributed by atoms with Crippen LogP contribution in [0.1, 0.15) is 17.0 Å². The maximum Gasteiger partial charge on any atom is 0.248 e. The highest BCUT2D eigenvalue weighted by atomic mass is 16.7. The number of aryl methyl sites for hydroxylation is 1. The van der Waals surface area contributed by atoms with E-state index in [2.05, 4.69) is 15.5 Å². The second-order valence-corrected chi connectivity index (χ2v) is 5.61. The molecule has 2 heterocycles. The van der Waals surface area contributed by atoms with Gasteiger partial charge in [-0.2, -0.15) is 0 Å². The first-order valence-corrected chi connectivity index (χ1v) is 7.77. The SMILES string of the molecule is Cc1ccccc1-c1nnc(CNCc2ccc3c(c2)OCO3)o1. The minimum absolute atomic E-state index is 0.288. The Bertz CT molecular complexity index is 860. The monoisotopic (exact) mass is 323 g/mol. The number of benzene rings is 2. The van der Waals surface area contributed by atoms with Crippen LogP contribution in [0.2, 0.25) is 0 Å². The van der Waals surface area contributed by atoms with Crippen LogP contribution in [0.5, 0.6) is 11.5 Å². The van der Waals surface area contributed by atoms with E-state index in [1.165, 1.54) is 0 Å². The zero-order chi connectivity index (χ0) is 16.4. The van der Waals surface area contributed by atoms with Gasteiger partial charge >= 0.3 is 0 Å². The van der Waals surface area contributed by atoms with E-state index in [-0.39, 0.29) is 6.79 Å². The highest BCUT2D eigenvalue weighted by Gasteiger charge is 2.13. The lowest BCUT2D eigenvalue weighted by molar-refractivity contribution is 0.174. The van der Waals surface area contributed by atoms with Gasteiger partial charge in [0.25, 0.3) is 0 Å². The van der Waals surface area contributed by atoms with Gasteiger partial charge < -0.3 is 19.2 Å². The van der Waals surface area contributed by atoms with E-state index >= 15 is 0 Å². The van der Waals surface area contributed by atoms with Gasteiger partial charge in [-0.15, -0.1) is 10.2 Å². The van der Waals surface area contributed by atoms with Crippen molar-refractivity contribution in [1.29, 1.82) is 0 Å². The number of nitrogens with one attached hydrogen (secondary N) is 1.